The Morgan fingerprint density at radius 2 is 2.04 bits per heavy atom. The second kappa shape index (κ2) is 6.61. The van der Waals surface area contributed by atoms with Crippen LogP contribution in [0.3, 0.4) is 0 Å². The SMILES string of the molecule is O=C(OC1CN2CCC1CC2)C(CO)(c1ccccc1)n1ccnc1. The Hall–Kier alpha value is -2.18. The van der Waals surface area contributed by atoms with E-state index >= 15 is 0 Å². The largest absolute Gasteiger partial charge is 0.459 e. The zero-order valence-electron chi connectivity index (χ0n) is 14.1. The number of aliphatic hydroxyl groups is 1. The first kappa shape index (κ1) is 16.3. The molecule has 2 aromatic rings. The van der Waals surface area contributed by atoms with Crippen LogP contribution in [0.15, 0.2) is 49.1 Å². The highest BCUT2D eigenvalue weighted by Crippen LogP contribution is 2.33. The van der Waals surface area contributed by atoms with E-state index in [-0.39, 0.29) is 12.7 Å². The van der Waals surface area contributed by atoms with Gasteiger partial charge >= 0.3 is 5.97 Å². The third-order valence-corrected chi connectivity index (χ3v) is 5.62. The van der Waals surface area contributed by atoms with Gasteiger partial charge in [-0.2, -0.15) is 0 Å². The fourth-order valence-corrected chi connectivity index (χ4v) is 4.09. The highest BCUT2D eigenvalue weighted by Gasteiger charge is 2.46. The maximum absolute atomic E-state index is 13.3. The van der Waals surface area contributed by atoms with E-state index in [0.29, 0.717) is 11.5 Å². The predicted octanol–water partition coefficient (Wildman–Crippen LogP) is 1.26. The van der Waals surface area contributed by atoms with Gasteiger partial charge in [0.05, 0.1) is 12.9 Å². The van der Waals surface area contributed by atoms with Crippen LogP contribution in [0.4, 0.5) is 0 Å². The smallest absolute Gasteiger partial charge is 0.339 e. The number of hydrogen-bond donors (Lipinski definition) is 1. The number of aromatic nitrogens is 2. The number of esters is 1. The summed E-state index contributed by atoms with van der Waals surface area (Å²) in [5.74, 6) is 0.00172. The number of carbonyl (C=O) groups is 1. The van der Waals surface area contributed by atoms with Crippen molar-refractivity contribution in [2.75, 3.05) is 26.2 Å². The van der Waals surface area contributed by atoms with Crippen molar-refractivity contribution >= 4 is 5.97 Å². The Labute approximate surface area is 147 Å². The Morgan fingerprint density at radius 3 is 2.60 bits per heavy atom. The summed E-state index contributed by atoms with van der Waals surface area (Å²) in [5.41, 5.74) is -0.606. The van der Waals surface area contributed by atoms with Gasteiger partial charge < -0.3 is 14.4 Å². The Balaban J connectivity index is 1.67. The Kier molecular flexibility index (Phi) is 4.31. The average Bonchev–Trinajstić information content (AvgIpc) is 3.20. The summed E-state index contributed by atoms with van der Waals surface area (Å²) >= 11 is 0. The third kappa shape index (κ3) is 2.75. The van der Waals surface area contributed by atoms with Crippen molar-refractivity contribution in [2.24, 2.45) is 5.92 Å². The van der Waals surface area contributed by atoms with Crippen LogP contribution in [0, 0.1) is 5.92 Å². The van der Waals surface area contributed by atoms with Gasteiger partial charge in [-0.15, -0.1) is 0 Å². The molecule has 1 aromatic heterocycles. The van der Waals surface area contributed by atoms with E-state index in [1.807, 2.05) is 30.3 Å². The molecule has 2 unspecified atom stereocenters. The van der Waals surface area contributed by atoms with Gasteiger partial charge in [0.25, 0.3) is 0 Å². The minimum atomic E-state index is -1.30. The van der Waals surface area contributed by atoms with Crippen molar-refractivity contribution in [3.8, 4) is 0 Å². The molecule has 132 valence electrons. The molecule has 6 nitrogen and oxygen atoms in total. The molecule has 2 bridgehead atoms. The first-order valence-electron chi connectivity index (χ1n) is 8.82. The summed E-state index contributed by atoms with van der Waals surface area (Å²) in [7, 11) is 0. The lowest BCUT2D eigenvalue weighted by Crippen LogP contribution is -2.55. The first-order chi connectivity index (χ1) is 12.2. The number of hydrogen-bond acceptors (Lipinski definition) is 5. The first-order valence-corrected chi connectivity index (χ1v) is 8.82. The molecule has 4 heterocycles. The van der Waals surface area contributed by atoms with E-state index in [4.69, 9.17) is 4.74 Å². The summed E-state index contributed by atoms with van der Waals surface area (Å²) < 4.78 is 7.62. The van der Waals surface area contributed by atoms with E-state index in [0.717, 1.165) is 32.5 Å². The number of fused-ring (bicyclic) bond motifs is 3. The van der Waals surface area contributed by atoms with Crippen LogP contribution in [0.5, 0.6) is 0 Å². The minimum Gasteiger partial charge on any atom is -0.459 e. The number of imidazole rings is 1. The van der Waals surface area contributed by atoms with Gasteiger partial charge in [-0.3, -0.25) is 4.90 Å². The number of benzene rings is 1. The molecule has 0 amide bonds. The molecule has 3 saturated heterocycles. The zero-order chi connectivity index (χ0) is 17.3. The zero-order valence-corrected chi connectivity index (χ0v) is 14.1. The fraction of sp³-hybridized carbons (Fsp3) is 0.474. The van der Waals surface area contributed by atoms with Gasteiger partial charge in [-0.05, 0) is 37.4 Å². The molecule has 1 aromatic carbocycles. The molecule has 2 atom stereocenters. The third-order valence-electron chi connectivity index (χ3n) is 5.62. The van der Waals surface area contributed by atoms with Crippen molar-refractivity contribution in [3.05, 3.63) is 54.6 Å². The molecular weight excluding hydrogens is 318 g/mol. The lowest BCUT2D eigenvalue weighted by atomic mass is 9.85. The van der Waals surface area contributed by atoms with E-state index in [9.17, 15) is 9.90 Å². The van der Waals surface area contributed by atoms with Crippen molar-refractivity contribution < 1.29 is 14.6 Å². The van der Waals surface area contributed by atoms with E-state index in [2.05, 4.69) is 9.88 Å². The summed E-state index contributed by atoms with van der Waals surface area (Å²) in [6, 6.07) is 9.29. The van der Waals surface area contributed by atoms with Gasteiger partial charge in [-0.1, -0.05) is 30.3 Å². The van der Waals surface area contributed by atoms with Crippen molar-refractivity contribution in [2.45, 2.75) is 24.5 Å². The maximum atomic E-state index is 13.3. The molecule has 3 aliphatic rings. The Bertz CT molecular complexity index is 711. The summed E-state index contributed by atoms with van der Waals surface area (Å²) in [5, 5.41) is 10.3. The number of ether oxygens (including phenoxy) is 1. The lowest BCUT2D eigenvalue weighted by Gasteiger charge is -2.45. The van der Waals surface area contributed by atoms with Crippen LogP contribution >= 0.6 is 0 Å². The van der Waals surface area contributed by atoms with Crippen LogP contribution in [-0.2, 0) is 15.1 Å². The molecule has 0 saturated carbocycles. The van der Waals surface area contributed by atoms with Crippen molar-refractivity contribution in [1.29, 1.82) is 0 Å². The molecule has 0 spiro atoms. The molecule has 0 radical (unpaired) electrons. The molecule has 0 aliphatic carbocycles. The molecule has 3 fully saturated rings. The average molecular weight is 341 g/mol. The van der Waals surface area contributed by atoms with Crippen LogP contribution in [0.2, 0.25) is 0 Å². The lowest BCUT2D eigenvalue weighted by molar-refractivity contribution is -0.169. The van der Waals surface area contributed by atoms with Crippen molar-refractivity contribution in [1.82, 2.24) is 14.5 Å². The van der Waals surface area contributed by atoms with Crippen LogP contribution in [0.25, 0.3) is 0 Å². The van der Waals surface area contributed by atoms with E-state index < -0.39 is 11.5 Å². The number of nitrogens with zero attached hydrogens (tertiary/aromatic N) is 3. The van der Waals surface area contributed by atoms with Crippen LogP contribution in [-0.4, -0.2) is 57.9 Å². The quantitative estimate of drug-likeness (QED) is 0.829. The molecule has 5 rings (SSSR count). The van der Waals surface area contributed by atoms with Crippen LogP contribution in [0.1, 0.15) is 18.4 Å². The highest BCUT2D eigenvalue weighted by atomic mass is 16.5. The van der Waals surface area contributed by atoms with Crippen molar-refractivity contribution in [3.63, 3.8) is 0 Å². The van der Waals surface area contributed by atoms with E-state index in [1.165, 1.54) is 0 Å². The number of aliphatic hydroxyl groups excluding tert-OH is 1. The normalized spacial score (nSPS) is 27.6. The topological polar surface area (TPSA) is 67.6 Å². The molecular formula is C19H23N3O3. The monoisotopic (exact) mass is 341 g/mol. The fourth-order valence-electron chi connectivity index (χ4n) is 4.09. The number of piperidine rings is 3. The summed E-state index contributed by atoms with van der Waals surface area (Å²) in [6.07, 6.45) is 6.89. The van der Waals surface area contributed by atoms with Gasteiger partial charge in [0.15, 0.2) is 5.54 Å². The second-order valence-corrected chi connectivity index (χ2v) is 6.94. The number of rotatable bonds is 5. The van der Waals surface area contributed by atoms with Gasteiger partial charge in [-0.25, -0.2) is 9.78 Å². The van der Waals surface area contributed by atoms with Crippen LogP contribution < -0.4 is 0 Å². The van der Waals surface area contributed by atoms with Gasteiger partial charge in [0.2, 0.25) is 0 Å². The highest BCUT2D eigenvalue weighted by molar-refractivity contribution is 5.83. The maximum Gasteiger partial charge on any atom is 0.339 e. The molecule has 3 aliphatic heterocycles. The molecule has 6 heteroatoms. The summed E-state index contributed by atoms with van der Waals surface area (Å²) in [6.45, 7) is 2.58. The van der Waals surface area contributed by atoms with Gasteiger partial charge in [0.1, 0.15) is 6.10 Å². The second-order valence-electron chi connectivity index (χ2n) is 6.94. The Morgan fingerprint density at radius 1 is 1.28 bits per heavy atom. The number of carbonyl (C=O) groups excluding carboxylic acids is 1. The summed E-state index contributed by atoms with van der Waals surface area (Å²) in [4.78, 5) is 19.7. The molecule has 25 heavy (non-hydrogen) atoms. The minimum absolute atomic E-state index is 0.104. The molecule has 1 N–H and O–H groups in total. The van der Waals surface area contributed by atoms with E-state index in [1.54, 1.807) is 23.3 Å². The predicted molar refractivity (Wildman–Crippen MR) is 91.9 cm³/mol. The standard InChI is InChI=1S/C19H23N3O3/c23-13-19(22-11-8-20-14-22,16-4-2-1-3-5-16)18(24)25-17-12-21-9-6-15(17)7-10-21/h1-5,8,11,14-15,17,23H,6-7,9-10,12-13H2. The van der Waals surface area contributed by atoms with Gasteiger partial charge in [0, 0.05) is 18.9 Å².